The van der Waals surface area contributed by atoms with Crippen LogP contribution in [0.5, 0.6) is 0 Å². The van der Waals surface area contributed by atoms with Gasteiger partial charge in [0.2, 0.25) is 11.8 Å². The number of likely N-dealkylation sites (N-methyl/N-ethyl adjacent to an activating group) is 2. The van der Waals surface area contributed by atoms with Crippen molar-refractivity contribution in [2.24, 2.45) is 5.89 Å². The van der Waals surface area contributed by atoms with E-state index in [9.17, 15) is 54.3 Å². The summed E-state index contributed by atoms with van der Waals surface area (Å²) in [4.78, 5) is 67.7. The van der Waals surface area contributed by atoms with Crippen molar-refractivity contribution < 1.29 is 85.8 Å². The van der Waals surface area contributed by atoms with Crippen molar-refractivity contribution in [3.8, 4) is 22.3 Å². The summed E-state index contributed by atoms with van der Waals surface area (Å²) in [7, 11) is 0. The molecule has 22 heteroatoms. The lowest BCUT2D eigenvalue weighted by Crippen LogP contribution is -2.40. The van der Waals surface area contributed by atoms with Crippen molar-refractivity contribution in [3.63, 3.8) is 0 Å². The van der Waals surface area contributed by atoms with Crippen molar-refractivity contribution in [2.45, 2.75) is 134 Å². The van der Waals surface area contributed by atoms with E-state index in [-0.39, 0.29) is 54.5 Å². The van der Waals surface area contributed by atoms with Crippen LogP contribution in [0.1, 0.15) is 144 Å². The molecule has 2 aromatic heterocycles. The molecule has 2 heterocycles. The average molecular weight is 1390 g/mol. The Labute approximate surface area is 605 Å². The average Bonchev–Trinajstić information content (AvgIpc) is 1.52. The van der Waals surface area contributed by atoms with Crippen LogP contribution in [-0.4, -0.2) is 103 Å². The van der Waals surface area contributed by atoms with E-state index in [1.807, 2.05) is 0 Å². The number of hydrogen-bond donors (Lipinski definition) is 0. The molecule has 508 valence electrons. The molecule has 2 aliphatic rings. The zero-order valence-electron chi connectivity index (χ0n) is 82.2. The van der Waals surface area contributed by atoms with Crippen LogP contribution in [0, 0.1) is 24.5 Å². The maximum absolute atomic E-state index is 14.7. The molecule has 0 saturated carbocycles. The molecule has 2 aliphatic carbocycles. The van der Waals surface area contributed by atoms with Gasteiger partial charge in [0.1, 0.15) is 24.7 Å². The minimum atomic E-state index is -5.15. The van der Waals surface area contributed by atoms with Crippen LogP contribution in [0.3, 0.4) is 0 Å². The van der Waals surface area contributed by atoms with E-state index in [2.05, 4.69) is 9.97 Å². The fourth-order valence-corrected chi connectivity index (χ4v) is 11.5. The van der Waals surface area contributed by atoms with Gasteiger partial charge in [-0.05, 0) is 163 Å². The van der Waals surface area contributed by atoms with Gasteiger partial charge in [-0.25, -0.2) is 8.78 Å². The van der Waals surface area contributed by atoms with Gasteiger partial charge in [-0.15, -0.1) is 0 Å². The van der Waals surface area contributed by atoms with Crippen molar-refractivity contribution >= 4 is 35.3 Å². The van der Waals surface area contributed by atoms with Gasteiger partial charge in [-0.3, -0.25) is 19.2 Å². The first-order chi connectivity index (χ1) is 57.5. The Morgan fingerprint density at radius 1 is 0.583 bits per heavy atom. The number of alkyl halides is 6. The number of carbonyl (C=O) groups is 2. The molecule has 0 saturated heterocycles. The van der Waals surface area contributed by atoms with Crippen LogP contribution in [0.2, 0.25) is 0 Å². The number of thioether (sulfide) groups is 2. The number of halogens is 8. The molecular weight excluding hydrogens is 1280 g/mol. The van der Waals surface area contributed by atoms with Gasteiger partial charge in [0.25, 0.3) is 11.1 Å². The number of carbonyl (C=O) groups excluding carboxylic acids is 2. The minimum absolute atomic E-state index is 0.117. The highest BCUT2D eigenvalue weighted by Gasteiger charge is 2.34. The van der Waals surface area contributed by atoms with Crippen LogP contribution < -0.4 is 11.1 Å². The summed E-state index contributed by atoms with van der Waals surface area (Å²) < 4.78 is 365. The number of nitrogens with zero attached hydrogens (tertiary/aromatic N) is 8. The van der Waals surface area contributed by atoms with E-state index in [1.165, 1.54) is 12.1 Å². The molecular formula is C74H80F8N8O4S2. The lowest BCUT2D eigenvalue weighted by atomic mass is 9.98. The first-order valence-corrected chi connectivity index (χ1v) is 31.1. The molecule has 0 radical (unpaired) electrons. The highest BCUT2D eigenvalue weighted by molar-refractivity contribution is 7.98. The first-order valence-electron chi connectivity index (χ1n) is 44.3. The third-order valence-corrected chi connectivity index (χ3v) is 16.6. The Balaban J connectivity index is 0.000000286. The third kappa shape index (κ3) is 19.0. The van der Waals surface area contributed by atoms with Gasteiger partial charge in [-0.1, -0.05) is 155 Å². The summed E-state index contributed by atoms with van der Waals surface area (Å²) in [5, 5.41) is -0.953. The molecule has 96 heavy (non-hydrogen) atoms. The molecule has 8 aromatic rings. The number of rotatable bonds is 26. The maximum Gasteiger partial charge on any atom is 0.416 e. The summed E-state index contributed by atoms with van der Waals surface area (Å²) in [5.41, 5.74) is -11.4. The van der Waals surface area contributed by atoms with Crippen LogP contribution >= 0.6 is 23.5 Å². The molecule has 0 aliphatic heterocycles. The second-order valence-corrected chi connectivity index (χ2v) is 22.8. The van der Waals surface area contributed by atoms with Gasteiger partial charge in [0, 0.05) is 93.8 Å². The summed E-state index contributed by atoms with van der Waals surface area (Å²) in [6.07, 6.45) is -14.9. The lowest BCUT2D eigenvalue weighted by Gasteiger charge is -2.28. The van der Waals surface area contributed by atoms with Crippen molar-refractivity contribution in [1.82, 2.24) is 38.7 Å². The van der Waals surface area contributed by atoms with Crippen molar-refractivity contribution in [2.75, 3.05) is 52.2 Å². The van der Waals surface area contributed by atoms with Gasteiger partial charge in [0.15, 0.2) is 10.3 Å². The Bertz CT molecular complexity index is 5610. The van der Waals surface area contributed by atoms with Crippen molar-refractivity contribution in [3.05, 3.63) is 233 Å². The topological polar surface area (TPSA) is 117 Å². The SMILES string of the molecule is [2H]c1c([2H])c(C([2H])([2H])Sc2nc(=O)c3c(n2CC(=O)N(CCN(C([2H])([2H])C)C([2H])([2H])C)Cc2c([2H])c([2H])c(-c4c([2H])c([2H])c(C(F)(F)F)c(C)c4[2H])c([2H])c2[2H])CCC3)c([2H])c([2H])c1F.[2H]c1c([2H])c(CSc2nc(=O)c3c(n2CC(=O)N(CCN(C([2H])([2H])C)C([2H])([2H])C)Cc2ccc(-c4ccc(C(F)(F)F)cc4)cc2)C([2H])([2H])C([2H])(C)C3([2H])[2H])c([2H])c([2H])c1F. The second kappa shape index (κ2) is 32.9. The fraction of sp³-hybridized carbons (Fsp3) is 0.378. The first kappa shape index (κ1) is 42.0. The van der Waals surface area contributed by atoms with E-state index < -0.39 is 293 Å². The van der Waals surface area contributed by atoms with Crippen LogP contribution in [0.25, 0.3) is 22.3 Å². The number of fused-ring (bicyclic) bond motifs is 2. The summed E-state index contributed by atoms with van der Waals surface area (Å²) in [5.74, 6) is -7.98. The van der Waals surface area contributed by atoms with Gasteiger partial charge in [0.05, 0.1) is 31.7 Å². The Hall–Kier alpha value is -7.92. The van der Waals surface area contributed by atoms with E-state index in [1.54, 1.807) is 24.3 Å². The molecule has 0 bridgehead atoms. The number of aromatic nitrogens is 4. The summed E-state index contributed by atoms with van der Waals surface area (Å²) in [6.45, 7) is -7.83. The number of benzene rings is 6. The molecule has 1 atom stereocenters. The predicted octanol–water partition coefficient (Wildman–Crippen LogP) is 15.0. The Morgan fingerprint density at radius 3 is 1.61 bits per heavy atom. The molecule has 10 rings (SSSR count). The normalized spacial score (nSPS) is 20.7. The smallest absolute Gasteiger partial charge is 0.336 e. The largest absolute Gasteiger partial charge is 0.416 e. The fourth-order valence-electron chi connectivity index (χ4n) is 9.92. The van der Waals surface area contributed by atoms with Gasteiger partial charge >= 0.3 is 12.4 Å². The third-order valence-electron chi connectivity index (χ3n) is 14.8. The van der Waals surface area contributed by atoms with E-state index >= 15 is 0 Å². The standard InChI is InChI=1S/2C37H40F4N4O2S/c1-4-43(5-2)18-19-44(22-26-6-10-28(11-7-26)29-12-14-30(15-13-29)37(39,40)41)34(46)23-45-33-21-25(3)20-32(33)35(47)42-36(45)48-24-27-8-16-31(38)17-9-27;1-4-43(5-2)19-20-44(22-26-9-13-28(14-10-26)29-15-18-32(25(3)21-29)37(39,40)41)34(46)23-45-33-8-6-7-31(33)35(47)42-36(45)48-24-27-11-16-30(38)17-12-27/h6-17,25H,4-5,18-24H2,1-3H3;9-18,21H,4-8,19-20,22-24H2,1-3H3/i4D2,5D2,8D,9D,16D,17D,20D2,21D2,25D;4D2,5D2,9D,10D,11D,12D,13D,14D,15D,16D,17D,18D,21D,24D2. The molecule has 0 fully saturated rings. The Kier molecular flexibility index (Phi) is 14.4. The van der Waals surface area contributed by atoms with Gasteiger partial charge in [-0.2, -0.15) is 36.3 Å². The quantitative estimate of drug-likeness (QED) is 0.0295. The summed E-state index contributed by atoms with van der Waals surface area (Å²) in [6, 6.07) is -4.42. The zero-order chi connectivity index (χ0) is 95.4. The van der Waals surface area contributed by atoms with Crippen LogP contribution in [-0.2, 0) is 85.2 Å². The summed E-state index contributed by atoms with van der Waals surface area (Å²) >= 11 is 0.666. The Morgan fingerprint density at radius 2 is 1.07 bits per heavy atom. The van der Waals surface area contributed by atoms with Gasteiger partial charge < -0.3 is 28.7 Å². The molecule has 6 aromatic carbocycles. The van der Waals surface area contributed by atoms with Crippen LogP contribution in [0.4, 0.5) is 35.1 Å². The molecule has 0 spiro atoms. The highest BCUT2D eigenvalue weighted by atomic mass is 32.2. The highest BCUT2D eigenvalue weighted by Crippen LogP contribution is 2.36. The molecule has 2 amide bonds. The number of amides is 2. The monoisotopic (exact) mass is 1390 g/mol. The molecule has 0 N–H and O–H groups in total. The van der Waals surface area contributed by atoms with E-state index in [0.717, 1.165) is 82.4 Å². The lowest BCUT2D eigenvalue weighted by molar-refractivity contribution is -0.138. The molecule has 1 unspecified atom stereocenters. The maximum atomic E-state index is 14.7. The van der Waals surface area contributed by atoms with E-state index in [4.69, 9.17) is 41.1 Å². The van der Waals surface area contributed by atoms with E-state index in [0.29, 0.717) is 34.9 Å². The van der Waals surface area contributed by atoms with Crippen LogP contribution in [0.15, 0.2) is 159 Å². The molecule has 12 nitrogen and oxygen atoms in total. The zero-order valence-corrected chi connectivity index (χ0v) is 53.8. The second-order valence-electron chi connectivity index (χ2n) is 21.1. The predicted molar refractivity (Wildman–Crippen MR) is 362 cm³/mol. The number of hydrogen-bond acceptors (Lipinski definition) is 10. The minimum Gasteiger partial charge on any atom is -0.336 e. The van der Waals surface area contributed by atoms with Crippen molar-refractivity contribution in [1.29, 1.82) is 0 Å².